The molecule has 0 bridgehead atoms. The highest BCUT2D eigenvalue weighted by Gasteiger charge is 2.38. The zero-order chi connectivity index (χ0) is 25.5. The van der Waals surface area contributed by atoms with Gasteiger partial charge in [0.2, 0.25) is 0 Å². The van der Waals surface area contributed by atoms with Crippen LogP contribution in [0.5, 0.6) is 0 Å². The van der Waals surface area contributed by atoms with E-state index in [4.69, 9.17) is 9.90 Å². The second kappa shape index (κ2) is 11.4. The van der Waals surface area contributed by atoms with Gasteiger partial charge < -0.3 is 20.3 Å². The number of carboxylic acid groups (broad SMARTS) is 1. The summed E-state index contributed by atoms with van der Waals surface area (Å²) >= 11 is 1.35. The van der Waals surface area contributed by atoms with Gasteiger partial charge >= 0.3 is 24.0 Å². The summed E-state index contributed by atoms with van der Waals surface area (Å²) in [6.45, 7) is 6.61. The molecule has 0 fully saturated rings. The number of anilines is 1. The minimum Gasteiger partial charge on any atom is -0.475 e. The van der Waals surface area contributed by atoms with Gasteiger partial charge in [0.1, 0.15) is 10.0 Å². The lowest BCUT2D eigenvalue weighted by molar-refractivity contribution is -0.192. The molecule has 2 aromatic heterocycles. The van der Waals surface area contributed by atoms with E-state index in [-0.39, 0.29) is 0 Å². The third-order valence-electron chi connectivity index (χ3n) is 4.48. The van der Waals surface area contributed by atoms with E-state index in [2.05, 4.69) is 20.6 Å². The molecule has 0 spiro atoms. The van der Waals surface area contributed by atoms with Crippen molar-refractivity contribution in [2.75, 3.05) is 11.9 Å². The summed E-state index contributed by atoms with van der Waals surface area (Å²) in [6, 6.07) is 9.71. The number of carbonyl (C=O) groups excluding carboxylic acids is 2. The number of carboxylic acids is 1. The van der Waals surface area contributed by atoms with Crippen LogP contribution in [0.1, 0.15) is 17.1 Å². The quantitative estimate of drug-likeness (QED) is 0.465. The fourth-order valence-corrected chi connectivity index (χ4v) is 3.48. The predicted molar refractivity (Wildman–Crippen MR) is 119 cm³/mol. The molecule has 3 N–H and O–H groups in total. The number of hydrogen-bond donors (Lipinski definition) is 3. The number of alkyl halides is 3. The number of amides is 2. The van der Waals surface area contributed by atoms with Crippen LogP contribution in [-0.2, 0) is 20.9 Å². The molecule has 0 saturated heterocycles. The molecule has 34 heavy (non-hydrogen) atoms. The van der Waals surface area contributed by atoms with Crippen molar-refractivity contribution < 1.29 is 32.7 Å². The van der Waals surface area contributed by atoms with Gasteiger partial charge in [0.05, 0.1) is 17.7 Å². The Bertz CT molecular complexity index is 1160. The molecule has 3 rings (SSSR count). The summed E-state index contributed by atoms with van der Waals surface area (Å²) in [5.41, 5.74) is 3.66. The van der Waals surface area contributed by atoms with Gasteiger partial charge in [-0.3, -0.25) is 9.59 Å². The number of halogens is 3. The van der Waals surface area contributed by atoms with Crippen LogP contribution in [0.15, 0.2) is 36.7 Å². The largest absolute Gasteiger partial charge is 0.490 e. The van der Waals surface area contributed by atoms with Crippen molar-refractivity contribution in [3.8, 4) is 10.6 Å². The van der Waals surface area contributed by atoms with Gasteiger partial charge in [0.25, 0.3) is 0 Å². The molecule has 0 saturated carbocycles. The monoisotopic (exact) mass is 497 g/mol. The topological polar surface area (TPSA) is 126 Å². The minimum atomic E-state index is -5.08. The van der Waals surface area contributed by atoms with Gasteiger partial charge in [-0.05, 0) is 20.8 Å². The van der Waals surface area contributed by atoms with Crippen LogP contribution in [0, 0.1) is 20.8 Å². The number of hydrogen-bond acceptors (Lipinski definition) is 6. The molecule has 3 aromatic rings. The van der Waals surface area contributed by atoms with Crippen molar-refractivity contribution in [2.24, 2.45) is 0 Å². The van der Waals surface area contributed by atoms with Crippen LogP contribution in [0.3, 0.4) is 0 Å². The first kappa shape index (κ1) is 26.5. The molecule has 13 heteroatoms. The number of rotatable bonds is 5. The molecule has 9 nitrogen and oxygen atoms in total. The Hall–Kier alpha value is -3.74. The van der Waals surface area contributed by atoms with E-state index in [0.717, 1.165) is 22.0 Å². The van der Waals surface area contributed by atoms with Crippen molar-refractivity contribution in [1.82, 2.24) is 19.9 Å². The van der Waals surface area contributed by atoms with E-state index in [1.807, 2.05) is 48.7 Å². The van der Waals surface area contributed by atoms with Crippen LogP contribution in [0.4, 0.5) is 18.2 Å². The molecular weight excluding hydrogens is 475 g/mol. The van der Waals surface area contributed by atoms with Crippen molar-refractivity contribution >= 4 is 34.1 Å². The SMILES string of the molecule is Cc1nc(-c2ccccc2)sc1NC(=O)C(=O)NCCn1cnc(C)c1C.O=C(O)C(F)(F)F. The molecule has 1 aromatic carbocycles. The molecule has 0 aliphatic heterocycles. The fraction of sp³-hybridized carbons (Fsp3) is 0.286. The normalized spacial score (nSPS) is 10.8. The van der Waals surface area contributed by atoms with Crippen molar-refractivity contribution in [3.05, 3.63) is 53.7 Å². The standard InChI is InChI=1S/C19H21N5O2S.C2HF3O2/c1-12-14(3)24(11-21-12)10-9-20-16(25)17(26)23-18-13(2)22-19(27-18)15-7-5-4-6-8-15;3-2(4,5)1(6)7/h4-8,11H,9-10H2,1-3H3,(H,20,25)(H,23,26);(H,6,7). The van der Waals surface area contributed by atoms with Gasteiger partial charge in [-0.25, -0.2) is 14.8 Å². The third-order valence-corrected chi connectivity index (χ3v) is 5.60. The molecule has 0 atom stereocenters. The average molecular weight is 497 g/mol. The first-order chi connectivity index (χ1) is 15.9. The fourth-order valence-electron chi connectivity index (χ4n) is 2.52. The maximum Gasteiger partial charge on any atom is 0.490 e. The summed E-state index contributed by atoms with van der Waals surface area (Å²) in [5, 5.41) is 13.8. The number of aromatic nitrogens is 3. The molecule has 0 aliphatic carbocycles. The molecule has 0 unspecified atom stereocenters. The Kier molecular flexibility index (Phi) is 8.90. The number of thiazole rings is 1. The average Bonchev–Trinajstić information content (AvgIpc) is 3.30. The van der Waals surface area contributed by atoms with Crippen LogP contribution in [0.2, 0.25) is 0 Å². The van der Waals surface area contributed by atoms with E-state index in [0.29, 0.717) is 23.8 Å². The first-order valence-electron chi connectivity index (χ1n) is 9.80. The lowest BCUT2D eigenvalue weighted by Gasteiger charge is -2.07. The first-order valence-corrected chi connectivity index (χ1v) is 10.6. The van der Waals surface area contributed by atoms with Crippen molar-refractivity contribution in [3.63, 3.8) is 0 Å². The zero-order valence-corrected chi connectivity index (χ0v) is 19.3. The second-order valence-electron chi connectivity index (χ2n) is 6.92. The van der Waals surface area contributed by atoms with Crippen molar-refractivity contribution in [1.29, 1.82) is 0 Å². The highest BCUT2D eigenvalue weighted by Crippen LogP contribution is 2.31. The number of carbonyl (C=O) groups is 3. The van der Waals surface area contributed by atoms with Crippen LogP contribution >= 0.6 is 11.3 Å². The molecule has 2 heterocycles. The smallest absolute Gasteiger partial charge is 0.475 e. The van der Waals surface area contributed by atoms with Crippen molar-refractivity contribution in [2.45, 2.75) is 33.5 Å². The molecule has 0 aliphatic rings. The summed E-state index contributed by atoms with van der Waals surface area (Å²) in [5.74, 6) is -4.12. The van der Waals surface area contributed by atoms with E-state index in [9.17, 15) is 22.8 Å². The number of imidazole rings is 1. The second-order valence-corrected chi connectivity index (χ2v) is 7.92. The van der Waals surface area contributed by atoms with Gasteiger partial charge in [0, 0.05) is 24.3 Å². The van der Waals surface area contributed by atoms with E-state index >= 15 is 0 Å². The Morgan fingerprint density at radius 3 is 2.21 bits per heavy atom. The van der Waals surface area contributed by atoms with Crippen LogP contribution < -0.4 is 10.6 Å². The summed E-state index contributed by atoms with van der Waals surface area (Å²) in [4.78, 5) is 41.8. The molecule has 182 valence electrons. The lowest BCUT2D eigenvalue weighted by Crippen LogP contribution is -2.37. The van der Waals surface area contributed by atoms with Crippen LogP contribution in [0.25, 0.3) is 10.6 Å². The highest BCUT2D eigenvalue weighted by atomic mass is 32.1. The molecular formula is C21H22F3N5O4S. The lowest BCUT2D eigenvalue weighted by atomic mass is 10.2. The number of nitrogens with one attached hydrogen (secondary N) is 2. The van der Waals surface area contributed by atoms with E-state index < -0.39 is 24.0 Å². The number of benzene rings is 1. The third kappa shape index (κ3) is 7.40. The Labute approximate surface area is 196 Å². The Morgan fingerprint density at radius 2 is 1.68 bits per heavy atom. The summed E-state index contributed by atoms with van der Waals surface area (Å²) < 4.78 is 33.7. The zero-order valence-electron chi connectivity index (χ0n) is 18.4. The summed E-state index contributed by atoms with van der Waals surface area (Å²) in [7, 11) is 0. The summed E-state index contributed by atoms with van der Waals surface area (Å²) in [6.07, 6.45) is -3.36. The minimum absolute atomic E-state index is 0.347. The van der Waals surface area contributed by atoms with Gasteiger partial charge in [0.15, 0.2) is 0 Å². The van der Waals surface area contributed by atoms with E-state index in [1.165, 1.54) is 11.3 Å². The van der Waals surface area contributed by atoms with Gasteiger partial charge in [-0.15, -0.1) is 0 Å². The highest BCUT2D eigenvalue weighted by molar-refractivity contribution is 7.19. The Balaban J connectivity index is 0.000000509. The number of nitrogens with zero attached hydrogens (tertiary/aromatic N) is 3. The Morgan fingerprint density at radius 1 is 1.06 bits per heavy atom. The number of aliphatic carboxylic acids is 1. The molecule has 0 radical (unpaired) electrons. The van der Waals surface area contributed by atoms with Gasteiger partial charge in [-0.2, -0.15) is 13.2 Å². The maximum atomic E-state index is 12.2. The van der Waals surface area contributed by atoms with Gasteiger partial charge in [-0.1, -0.05) is 41.7 Å². The van der Waals surface area contributed by atoms with Crippen LogP contribution in [-0.4, -0.2) is 50.1 Å². The maximum absolute atomic E-state index is 12.2. The van der Waals surface area contributed by atoms with E-state index in [1.54, 1.807) is 13.3 Å². The predicted octanol–water partition coefficient (Wildman–Crippen LogP) is 3.32. The number of aryl methyl sites for hydroxylation is 2. The molecule has 2 amide bonds.